The summed E-state index contributed by atoms with van der Waals surface area (Å²) in [4.78, 5) is 0. The standard InChI is InChI=1S/C9H9N3/c1-12-7-8(2-4-10)6-9(12)3-5-11/h6-7H,2-3H2,1H3. The van der Waals surface area contributed by atoms with Gasteiger partial charge in [-0.2, -0.15) is 10.5 Å². The van der Waals surface area contributed by atoms with Crippen LogP contribution in [0.1, 0.15) is 11.3 Å². The first-order chi connectivity index (χ1) is 5.77. The summed E-state index contributed by atoms with van der Waals surface area (Å²) in [7, 11) is 1.88. The van der Waals surface area contributed by atoms with Gasteiger partial charge in [0.25, 0.3) is 0 Å². The molecule has 3 heteroatoms. The van der Waals surface area contributed by atoms with E-state index in [1.807, 2.05) is 23.9 Å². The molecule has 0 amide bonds. The molecule has 1 aromatic heterocycles. The summed E-state index contributed by atoms with van der Waals surface area (Å²) in [6, 6.07) is 6.04. The van der Waals surface area contributed by atoms with Crippen molar-refractivity contribution < 1.29 is 0 Å². The molecule has 1 rings (SSSR count). The second-order valence-corrected chi connectivity index (χ2v) is 2.62. The molecule has 0 aromatic carbocycles. The predicted octanol–water partition coefficient (Wildman–Crippen LogP) is 1.16. The third-order valence-electron chi connectivity index (χ3n) is 1.71. The third kappa shape index (κ3) is 1.65. The molecule has 12 heavy (non-hydrogen) atoms. The van der Waals surface area contributed by atoms with Crippen LogP contribution >= 0.6 is 0 Å². The largest absolute Gasteiger partial charge is 0.353 e. The number of aromatic nitrogens is 1. The van der Waals surface area contributed by atoms with Crippen molar-refractivity contribution >= 4 is 0 Å². The first kappa shape index (κ1) is 8.36. The maximum Gasteiger partial charge on any atom is 0.0754 e. The van der Waals surface area contributed by atoms with Crippen LogP contribution in [0.2, 0.25) is 0 Å². The van der Waals surface area contributed by atoms with Crippen LogP contribution in [-0.4, -0.2) is 4.57 Å². The number of aryl methyl sites for hydroxylation is 1. The number of nitriles is 2. The van der Waals surface area contributed by atoms with Crippen LogP contribution in [-0.2, 0) is 19.9 Å². The number of hydrogen-bond acceptors (Lipinski definition) is 2. The van der Waals surface area contributed by atoms with Crippen LogP contribution in [0.4, 0.5) is 0 Å². The maximum absolute atomic E-state index is 8.45. The normalized spacial score (nSPS) is 8.92. The van der Waals surface area contributed by atoms with E-state index in [2.05, 4.69) is 12.1 Å². The molecule has 60 valence electrons. The Morgan fingerprint density at radius 1 is 1.33 bits per heavy atom. The molecule has 0 radical (unpaired) electrons. The molecule has 0 fully saturated rings. The van der Waals surface area contributed by atoms with Crippen molar-refractivity contribution in [1.29, 1.82) is 10.5 Å². The highest BCUT2D eigenvalue weighted by atomic mass is 14.9. The van der Waals surface area contributed by atoms with E-state index >= 15 is 0 Å². The second kappa shape index (κ2) is 3.59. The van der Waals surface area contributed by atoms with E-state index in [-0.39, 0.29) is 0 Å². The molecule has 0 aliphatic heterocycles. The van der Waals surface area contributed by atoms with Crippen molar-refractivity contribution in [1.82, 2.24) is 4.57 Å². The quantitative estimate of drug-likeness (QED) is 0.650. The first-order valence-electron chi connectivity index (χ1n) is 3.66. The van der Waals surface area contributed by atoms with Gasteiger partial charge in [-0.15, -0.1) is 0 Å². The molecular formula is C9H9N3. The van der Waals surface area contributed by atoms with Gasteiger partial charge in [-0.25, -0.2) is 0 Å². The maximum atomic E-state index is 8.45. The summed E-state index contributed by atoms with van der Waals surface area (Å²) in [5, 5.41) is 16.9. The van der Waals surface area contributed by atoms with Gasteiger partial charge in [-0.05, 0) is 11.6 Å². The Bertz CT molecular complexity index is 349. The van der Waals surface area contributed by atoms with Crippen LogP contribution in [0.5, 0.6) is 0 Å². The van der Waals surface area contributed by atoms with Crippen LogP contribution in [0, 0.1) is 22.7 Å². The fraction of sp³-hybridized carbons (Fsp3) is 0.333. The molecule has 1 aromatic rings. The Labute approximate surface area is 71.5 Å². The lowest BCUT2D eigenvalue weighted by Crippen LogP contribution is -1.91. The van der Waals surface area contributed by atoms with Crippen LogP contribution in [0.25, 0.3) is 0 Å². The van der Waals surface area contributed by atoms with Crippen molar-refractivity contribution in [3.8, 4) is 12.1 Å². The molecule has 0 atom stereocenters. The highest BCUT2D eigenvalue weighted by Crippen LogP contribution is 2.07. The zero-order chi connectivity index (χ0) is 8.97. The van der Waals surface area contributed by atoms with E-state index in [4.69, 9.17) is 10.5 Å². The van der Waals surface area contributed by atoms with Crippen molar-refractivity contribution in [3.63, 3.8) is 0 Å². The van der Waals surface area contributed by atoms with Crippen molar-refractivity contribution in [2.75, 3.05) is 0 Å². The summed E-state index contributed by atoms with van der Waals surface area (Å²) in [6.07, 6.45) is 2.71. The fourth-order valence-electron chi connectivity index (χ4n) is 1.13. The molecule has 0 aliphatic carbocycles. The van der Waals surface area contributed by atoms with Crippen LogP contribution in [0.3, 0.4) is 0 Å². The van der Waals surface area contributed by atoms with E-state index < -0.39 is 0 Å². The van der Waals surface area contributed by atoms with Gasteiger partial charge in [0, 0.05) is 18.9 Å². The summed E-state index contributed by atoms with van der Waals surface area (Å²) in [5.41, 5.74) is 1.94. The molecule has 0 bridgehead atoms. The van der Waals surface area contributed by atoms with Gasteiger partial charge in [-0.1, -0.05) is 0 Å². The second-order valence-electron chi connectivity index (χ2n) is 2.62. The lowest BCUT2D eigenvalue weighted by Gasteiger charge is -1.93. The highest BCUT2D eigenvalue weighted by Gasteiger charge is 2.01. The van der Waals surface area contributed by atoms with Crippen molar-refractivity contribution in [2.45, 2.75) is 12.8 Å². The van der Waals surface area contributed by atoms with E-state index in [0.717, 1.165) is 11.3 Å². The molecule has 0 spiro atoms. The van der Waals surface area contributed by atoms with Crippen molar-refractivity contribution in [2.24, 2.45) is 7.05 Å². The van der Waals surface area contributed by atoms with Gasteiger partial charge >= 0.3 is 0 Å². The summed E-state index contributed by atoms with van der Waals surface area (Å²) >= 11 is 0. The number of rotatable bonds is 2. The summed E-state index contributed by atoms with van der Waals surface area (Å²) < 4.78 is 1.88. The molecule has 0 saturated heterocycles. The molecule has 3 nitrogen and oxygen atoms in total. The minimum atomic E-state index is 0.405. The van der Waals surface area contributed by atoms with E-state index in [9.17, 15) is 0 Å². The molecule has 1 heterocycles. The zero-order valence-electron chi connectivity index (χ0n) is 6.91. The van der Waals surface area contributed by atoms with Gasteiger partial charge in [0.1, 0.15) is 0 Å². The first-order valence-corrected chi connectivity index (χ1v) is 3.66. The highest BCUT2D eigenvalue weighted by molar-refractivity contribution is 5.23. The lowest BCUT2D eigenvalue weighted by atomic mass is 10.2. The molecule has 0 N–H and O–H groups in total. The van der Waals surface area contributed by atoms with Gasteiger partial charge in [0.05, 0.1) is 25.0 Å². The predicted molar refractivity (Wildman–Crippen MR) is 44.0 cm³/mol. The minimum absolute atomic E-state index is 0.405. The molecule has 0 aliphatic rings. The third-order valence-corrected chi connectivity index (χ3v) is 1.71. The SMILES string of the molecule is Cn1cc(CC#N)cc1CC#N. The zero-order valence-corrected chi connectivity index (χ0v) is 6.91. The van der Waals surface area contributed by atoms with Crippen LogP contribution in [0.15, 0.2) is 12.3 Å². The fourth-order valence-corrected chi connectivity index (χ4v) is 1.13. The Kier molecular flexibility index (Phi) is 2.50. The summed E-state index contributed by atoms with van der Waals surface area (Å²) in [6.45, 7) is 0. The Hall–Kier alpha value is -1.74. The van der Waals surface area contributed by atoms with Crippen molar-refractivity contribution in [3.05, 3.63) is 23.5 Å². The monoisotopic (exact) mass is 159 g/mol. The topological polar surface area (TPSA) is 52.5 Å². The Morgan fingerprint density at radius 3 is 2.58 bits per heavy atom. The minimum Gasteiger partial charge on any atom is -0.353 e. The van der Waals surface area contributed by atoms with E-state index in [1.54, 1.807) is 0 Å². The van der Waals surface area contributed by atoms with Gasteiger partial charge < -0.3 is 4.57 Å². The van der Waals surface area contributed by atoms with Gasteiger partial charge in [-0.3, -0.25) is 0 Å². The Balaban J connectivity index is 2.88. The van der Waals surface area contributed by atoms with Gasteiger partial charge in [0.2, 0.25) is 0 Å². The van der Waals surface area contributed by atoms with E-state index in [0.29, 0.717) is 12.8 Å². The Morgan fingerprint density at radius 2 is 2.00 bits per heavy atom. The molecule has 0 saturated carbocycles. The molecular weight excluding hydrogens is 150 g/mol. The van der Waals surface area contributed by atoms with E-state index in [1.165, 1.54) is 0 Å². The average molecular weight is 159 g/mol. The smallest absolute Gasteiger partial charge is 0.0754 e. The average Bonchev–Trinajstić information content (AvgIpc) is 2.34. The lowest BCUT2D eigenvalue weighted by molar-refractivity contribution is 0.858. The number of hydrogen-bond donors (Lipinski definition) is 0. The molecule has 0 unspecified atom stereocenters. The number of nitrogens with zero attached hydrogens (tertiary/aromatic N) is 3. The summed E-state index contributed by atoms with van der Waals surface area (Å²) in [5.74, 6) is 0. The van der Waals surface area contributed by atoms with Crippen LogP contribution < -0.4 is 0 Å². The van der Waals surface area contributed by atoms with Gasteiger partial charge in [0.15, 0.2) is 0 Å².